The number of non-ortho nitro benzene ring substituents is 1. The van der Waals surface area contributed by atoms with E-state index < -0.39 is 14.9 Å². The zero-order valence-electron chi connectivity index (χ0n) is 18.7. The minimum absolute atomic E-state index is 0.0675. The molecule has 0 bridgehead atoms. The van der Waals surface area contributed by atoms with Gasteiger partial charge in [0.25, 0.3) is 5.69 Å². The zero-order chi connectivity index (χ0) is 24.3. The lowest BCUT2D eigenvalue weighted by Gasteiger charge is -2.11. The molecule has 0 aliphatic heterocycles. The Bertz CT molecular complexity index is 1320. The quantitative estimate of drug-likeness (QED) is 0.371. The second-order valence-electron chi connectivity index (χ2n) is 7.40. The van der Waals surface area contributed by atoms with Crippen LogP contribution in [0.5, 0.6) is 5.75 Å². The minimum atomic E-state index is -3.60. The first-order chi connectivity index (χ1) is 15.6. The summed E-state index contributed by atoms with van der Waals surface area (Å²) in [7, 11) is 0.738. The van der Waals surface area contributed by atoms with Gasteiger partial charge in [-0.05, 0) is 31.2 Å². The van der Waals surface area contributed by atoms with Crippen molar-refractivity contribution in [3.63, 3.8) is 0 Å². The van der Waals surface area contributed by atoms with Crippen molar-refractivity contribution in [2.24, 2.45) is 0 Å². The largest absolute Gasteiger partial charge is 0.495 e. The summed E-state index contributed by atoms with van der Waals surface area (Å²) in [5.74, 6) is 0.580. The summed E-state index contributed by atoms with van der Waals surface area (Å²) in [4.78, 5) is 27.7. The van der Waals surface area contributed by atoms with E-state index in [-0.39, 0.29) is 28.6 Å². The first-order valence-electron chi connectivity index (χ1n) is 10.1. The summed E-state index contributed by atoms with van der Waals surface area (Å²) in [6, 6.07) is 8.72. The molecular weight excluding hydrogens is 450 g/mol. The number of hydrogen-bond donors (Lipinski definition) is 1. The van der Waals surface area contributed by atoms with Gasteiger partial charge in [-0.3, -0.25) is 14.9 Å². The Hall–Kier alpha value is -3.51. The molecule has 1 aromatic heterocycles. The van der Waals surface area contributed by atoms with Gasteiger partial charge < -0.3 is 14.6 Å². The number of ether oxygens (including phenoxy) is 1. The number of fused-ring (bicyclic) bond motifs is 1. The van der Waals surface area contributed by atoms with Gasteiger partial charge >= 0.3 is 0 Å². The molecule has 0 saturated carbocycles. The third-order valence-corrected chi connectivity index (χ3v) is 6.95. The maximum absolute atomic E-state index is 12.6. The molecule has 176 valence electrons. The maximum Gasteiger partial charge on any atom is 0.271 e. The van der Waals surface area contributed by atoms with E-state index in [2.05, 4.69) is 10.3 Å². The number of amides is 1. The number of nitrogens with zero attached hydrogens (tertiary/aromatic N) is 4. The van der Waals surface area contributed by atoms with Crippen molar-refractivity contribution in [2.75, 3.05) is 26.5 Å². The molecule has 0 saturated heterocycles. The first-order valence-corrected chi connectivity index (χ1v) is 11.6. The number of nitrogens with one attached hydrogen (secondary N) is 1. The van der Waals surface area contributed by atoms with E-state index in [0.717, 1.165) is 9.82 Å². The Labute approximate surface area is 191 Å². The van der Waals surface area contributed by atoms with Gasteiger partial charge in [-0.1, -0.05) is 0 Å². The van der Waals surface area contributed by atoms with Gasteiger partial charge in [0.1, 0.15) is 11.6 Å². The molecule has 3 aromatic rings. The number of carbonyl (C=O) groups is 1. The van der Waals surface area contributed by atoms with Gasteiger partial charge in [0.15, 0.2) is 0 Å². The van der Waals surface area contributed by atoms with Crippen molar-refractivity contribution in [2.45, 2.75) is 31.2 Å². The maximum atomic E-state index is 12.6. The number of aryl methyl sites for hydroxylation is 2. The second kappa shape index (κ2) is 9.55. The third-order valence-electron chi connectivity index (χ3n) is 5.14. The van der Waals surface area contributed by atoms with Gasteiger partial charge in [0.05, 0.1) is 33.6 Å². The van der Waals surface area contributed by atoms with Crippen LogP contribution in [0.25, 0.3) is 11.0 Å². The predicted octanol–water partition coefficient (Wildman–Crippen LogP) is 2.79. The molecule has 12 heteroatoms. The fourth-order valence-electron chi connectivity index (χ4n) is 3.42. The van der Waals surface area contributed by atoms with E-state index in [9.17, 15) is 23.3 Å². The third kappa shape index (κ3) is 4.96. The van der Waals surface area contributed by atoms with Crippen LogP contribution in [0, 0.1) is 10.1 Å². The topological polar surface area (TPSA) is 137 Å². The SMILES string of the molecule is CCn1c(CCC(=O)Nc2cc([N+](=O)[O-])ccc2OC)nc2cc(S(=O)(=O)N(C)C)ccc21. The number of imidazole rings is 1. The van der Waals surface area contributed by atoms with Gasteiger partial charge in [0, 0.05) is 45.6 Å². The van der Waals surface area contributed by atoms with Crippen LogP contribution in [-0.4, -0.2) is 54.3 Å². The molecule has 33 heavy (non-hydrogen) atoms. The first kappa shape index (κ1) is 24.1. The van der Waals surface area contributed by atoms with Gasteiger partial charge in [-0.15, -0.1) is 0 Å². The molecule has 0 spiro atoms. The van der Waals surface area contributed by atoms with E-state index >= 15 is 0 Å². The summed E-state index contributed by atoms with van der Waals surface area (Å²) in [5, 5.41) is 13.7. The normalized spacial score (nSPS) is 11.7. The Morgan fingerprint density at radius 1 is 1.24 bits per heavy atom. The van der Waals surface area contributed by atoms with E-state index in [1.165, 1.54) is 51.5 Å². The number of nitro groups is 1. The molecule has 11 nitrogen and oxygen atoms in total. The average Bonchev–Trinajstić information content (AvgIpc) is 3.14. The highest BCUT2D eigenvalue weighted by atomic mass is 32.2. The number of nitro benzene ring substituents is 1. The summed E-state index contributed by atoms with van der Waals surface area (Å²) >= 11 is 0. The number of anilines is 1. The van der Waals surface area contributed by atoms with Crippen LogP contribution in [0.4, 0.5) is 11.4 Å². The monoisotopic (exact) mass is 475 g/mol. The number of hydrogen-bond acceptors (Lipinski definition) is 7. The van der Waals surface area contributed by atoms with Gasteiger partial charge in [-0.2, -0.15) is 0 Å². The second-order valence-corrected chi connectivity index (χ2v) is 9.55. The van der Waals surface area contributed by atoms with E-state index in [1.807, 2.05) is 11.5 Å². The van der Waals surface area contributed by atoms with Crippen LogP contribution >= 0.6 is 0 Å². The summed E-state index contributed by atoms with van der Waals surface area (Å²) in [5.41, 5.74) is 1.34. The number of rotatable bonds is 9. The molecule has 1 amide bonds. The van der Waals surface area contributed by atoms with Crippen molar-refractivity contribution in [1.82, 2.24) is 13.9 Å². The van der Waals surface area contributed by atoms with Crippen LogP contribution in [0.3, 0.4) is 0 Å². The number of sulfonamides is 1. The van der Waals surface area contributed by atoms with Crippen LogP contribution in [0.15, 0.2) is 41.3 Å². The molecule has 0 radical (unpaired) electrons. The number of aromatic nitrogens is 2. The number of methoxy groups -OCH3 is 1. The van der Waals surface area contributed by atoms with Crippen LogP contribution in [0.1, 0.15) is 19.2 Å². The van der Waals surface area contributed by atoms with Gasteiger partial charge in [0.2, 0.25) is 15.9 Å². The lowest BCUT2D eigenvalue weighted by Crippen LogP contribution is -2.22. The number of carbonyl (C=O) groups excluding carboxylic acids is 1. The molecular formula is C21H25N5O6S. The predicted molar refractivity (Wildman–Crippen MR) is 123 cm³/mol. The van der Waals surface area contributed by atoms with Gasteiger partial charge in [-0.25, -0.2) is 17.7 Å². The van der Waals surface area contributed by atoms with E-state index in [0.29, 0.717) is 30.1 Å². The molecule has 1 heterocycles. The summed E-state index contributed by atoms with van der Waals surface area (Å²) in [6.45, 7) is 2.52. The minimum Gasteiger partial charge on any atom is -0.495 e. The van der Waals surface area contributed by atoms with Crippen molar-refractivity contribution >= 4 is 38.3 Å². The van der Waals surface area contributed by atoms with Crippen LogP contribution in [-0.2, 0) is 27.8 Å². The zero-order valence-corrected chi connectivity index (χ0v) is 19.5. The lowest BCUT2D eigenvalue weighted by atomic mass is 10.2. The molecule has 0 unspecified atom stereocenters. The standard InChI is InChI=1S/C21H25N5O6S/c1-5-25-18-8-7-15(33(30,31)24(2)3)13-16(18)22-20(25)10-11-21(27)23-17-12-14(26(28)29)6-9-19(17)32-4/h6-9,12-13H,5,10-11H2,1-4H3,(H,23,27). The smallest absolute Gasteiger partial charge is 0.271 e. The molecule has 3 rings (SSSR count). The molecule has 0 atom stereocenters. The molecule has 0 aliphatic carbocycles. The van der Waals surface area contributed by atoms with E-state index in [4.69, 9.17) is 4.74 Å². The molecule has 1 N–H and O–H groups in total. The Kier molecular flexibility index (Phi) is 6.98. The fraction of sp³-hybridized carbons (Fsp3) is 0.333. The Morgan fingerprint density at radius 2 is 1.97 bits per heavy atom. The van der Waals surface area contributed by atoms with Crippen LogP contribution < -0.4 is 10.1 Å². The highest BCUT2D eigenvalue weighted by molar-refractivity contribution is 7.89. The van der Waals surface area contributed by atoms with Crippen molar-refractivity contribution in [3.05, 3.63) is 52.3 Å². The molecule has 0 aliphatic rings. The Morgan fingerprint density at radius 3 is 2.58 bits per heavy atom. The summed E-state index contributed by atoms with van der Waals surface area (Å²) in [6.07, 6.45) is 0.360. The highest BCUT2D eigenvalue weighted by Crippen LogP contribution is 2.29. The van der Waals surface area contributed by atoms with Crippen molar-refractivity contribution < 1.29 is 22.9 Å². The Balaban J connectivity index is 1.82. The average molecular weight is 476 g/mol. The number of benzene rings is 2. The molecule has 2 aromatic carbocycles. The lowest BCUT2D eigenvalue weighted by molar-refractivity contribution is -0.384. The highest BCUT2D eigenvalue weighted by Gasteiger charge is 2.20. The summed E-state index contributed by atoms with van der Waals surface area (Å²) < 4.78 is 33.1. The molecule has 0 fully saturated rings. The fourth-order valence-corrected chi connectivity index (χ4v) is 4.34. The van der Waals surface area contributed by atoms with Crippen LogP contribution in [0.2, 0.25) is 0 Å². The van der Waals surface area contributed by atoms with Crippen molar-refractivity contribution in [1.29, 1.82) is 0 Å². The van der Waals surface area contributed by atoms with E-state index in [1.54, 1.807) is 6.07 Å². The van der Waals surface area contributed by atoms with Crippen molar-refractivity contribution in [3.8, 4) is 5.75 Å².